The summed E-state index contributed by atoms with van der Waals surface area (Å²) in [4.78, 5) is 0. The van der Waals surface area contributed by atoms with E-state index in [9.17, 15) is 0 Å². The van der Waals surface area contributed by atoms with Gasteiger partial charge in [-0.2, -0.15) is 0 Å². The number of hydrogen-bond acceptors (Lipinski definition) is 1. The van der Waals surface area contributed by atoms with Gasteiger partial charge in [0.05, 0.1) is 0 Å². The van der Waals surface area contributed by atoms with Crippen molar-refractivity contribution in [3.8, 4) is 0 Å². The molecule has 0 aromatic heterocycles. The minimum Gasteiger partial charge on any atom is -0.0952 e. The first-order valence-corrected chi connectivity index (χ1v) is 4.61. The number of hydrogen-bond donors (Lipinski definition) is 0. The SMILES string of the molecule is C=C(CC)C(=C/C)/C(C)=C\C=S. The third-order valence-corrected chi connectivity index (χ3v) is 1.98. The molecular formula is C11H16S. The van der Waals surface area contributed by atoms with Crippen LogP contribution < -0.4 is 0 Å². The Labute approximate surface area is 80.7 Å². The van der Waals surface area contributed by atoms with E-state index in [-0.39, 0.29) is 0 Å². The smallest absolute Gasteiger partial charge is 0.00163 e. The molecule has 0 rings (SSSR count). The van der Waals surface area contributed by atoms with Gasteiger partial charge in [-0.1, -0.05) is 31.8 Å². The monoisotopic (exact) mass is 180 g/mol. The number of rotatable bonds is 4. The molecule has 0 aliphatic rings. The van der Waals surface area contributed by atoms with E-state index in [1.54, 1.807) is 5.37 Å². The fraction of sp³-hybridized carbons (Fsp3) is 0.364. The molecule has 0 nitrogen and oxygen atoms in total. The summed E-state index contributed by atoms with van der Waals surface area (Å²) < 4.78 is 0. The molecule has 0 aromatic carbocycles. The fourth-order valence-electron chi connectivity index (χ4n) is 1.09. The zero-order chi connectivity index (χ0) is 9.56. The standard InChI is InChI=1S/C11H16S/c1-5-9(3)11(6-2)10(4)7-8-12/h6-8H,3,5H2,1-2,4H3/b10-7-,11-6-. The van der Waals surface area contributed by atoms with Gasteiger partial charge in [0.1, 0.15) is 0 Å². The van der Waals surface area contributed by atoms with E-state index >= 15 is 0 Å². The highest BCUT2D eigenvalue weighted by atomic mass is 32.1. The van der Waals surface area contributed by atoms with Crippen molar-refractivity contribution in [3.05, 3.63) is 35.5 Å². The van der Waals surface area contributed by atoms with Crippen molar-refractivity contribution in [2.75, 3.05) is 0 Å². The van der Waals surface area contributed by atoms with E-state index in [2.05, 4.69) is 26.5 Å². The predicted octanol–water partition coefficient (Wildman–Crippen LogP) is 3.84. The second kappa shape index (κ2) is 5.90. The van der Waals surface area contributed by atoms with Crippen molar-refractivity contribution in [3.63, 3.8) is 0 Å². The van der Waals surface area contributed by atoms with E-state index in [1.165, 1.54) is 16.7 Å². The molecule has 0 saturated heterocycles. The van der Waals surface area contributed by atoms with Crippen LogP contribution in [0.5, 0.6) is 0 Å². The molecule has 0 atom stereocenters. The topological polar surface area (TPSA) is 0 Å². The van der Waals surface area contributed by atoms with Gasteiger partial charge in [0.25, 0.3) is 0 Å². The maximum atomic E-state index is 4.76. The summed E-state index contributed by atoms with van der Waals surface area (Å²) in [6, 6.07) is 0. The molecule has 0 bridgehead atoms. The molecule has 0 aliphatic carbocycles. The lowest BCUT2D eigenvalue weighted by atomic mass is 9.98. The molecule has 0 N–H and O–H groups in total. The van der Waals surface area contributed by atoms with E-state index < -0.39 is 0 Å². The van der Waals surface area contributed by atoms with Crippen molar-refractivity contribution in [2.24, 2.45) is 0 Å². The molecule has 66 valence electrons. The zero-order valence-electron chi connectivity index (χ0n) is 8.05. The van der Waals surface area contributed by atoms with Crippen LogP contribution in [-0.4, -0.2) is 5.37 Å². The first-order chi connectivity index (χ1) is 5.67. The Hall–Kier alpha value is -0.690. The lowest BCUT2D eigenvalue weighted by molar-refractivity contribution is 1.11. The van der Waals surface area contributed by atoms with Gasteiger partial charge in [0.15, 0.2) is 0 Å². The molecule has 0 radical (unpaired) electrons. The zero-order valence-corrected chi connectivity index (χ0v) is 8.87. The molecule has 0 amide bonds. The van der Waals surface area contributed by atoms with Crippen molar-refractivity contribution in [1.82, 2.24) is 0 Å². The van der Waals surface area contributed by atoms with Crippen LogP contribution in [0.2, 0.25) is 0 Å². The quantitative estimate of drug-likeness (QED) is 0.360. The highest BCUT2D eigenvalue weighted by Gasteiger charge is 2.00. The van der Waals surface area contributed by atoms with Gasteiger partial charge in [-0.25, -0.2) is 0 Å². The third kappa shape index (κ3) is 3.14. The number of allylic oxidation sites excluding steroid dienone is 5. The Bertz CT molecular complexity index is 231. The Kier molecular flexibility index (Phi) is 5.56. The summed E-state index contributed by atoms with van der Waals surface area (Å²) in [6.45, 7) is 10.2. The lowest BCUT2D eigenvalue weighted by Gasteiger charge is -2.07. The van der Waals surface area contributed by atoms with Crippen LogP contribution in [0.4, 0.5) is 0 Å². The lowest BCUT2D eigenvalue weighted by Crippen LogP contribution is -1.89. The van der Waals surface area contributed by atoms with Crippen LogP contribution in [0.1, 0.15) is 27.2 Å². The van der Waals surface area contributed by atoms with E-state index in [4.69, 9.17) is 12.2 Å². The normalized spacial score (nSPS) is 12.9. The summed E-state index contributed by atoms with van der Waals surface area (Å²) in [5.74, 6) is 0. The minimum absolute atomic E-state index is 0.988. The van der Waals surface area contributed by atoms with Crippen molar-refractivity contribution >= 4 is 17.6 Å². The van der Waals surface area contributed by atoms with E-state index in [0.29, 0.717) is 0 Å². The second-order valence-corrected chi connectivity index (χ2v) is 2.92. The highest BCUT2D eigenvalue weighted by molar-refractivity contribution is 7.79. The van der Waals surface area contributed by atoms with E-state index in [1.807, 2.05) is 13.0 Å². The first-order valence-electron chi connectivity index (χ1n) is 4.14. The number of thiocarbonyl (C=S) groups is 1. The summed E-state index contributed by atoms with van der Waals surface area (Å²) in [5.41, 5.74) is 3.58. The van der Waals surface area contributed by atoms with Crippen LogP contribution in [0.25, 0.3) is 0 Å². The largest absolute Gasteiger partial charge is 0.0952 e. The van der Waals surface area contributed by atoms with Gasteiger partial charge in [-0.3, -0.25) is 0 Å². The van der Waals surface area contributed by atoms with Crippen molar-refractivity contribution in [2.45, 2.75) is 27.2 Å². The first kappa shape index (κ1) is 11.3. The molecule has 0 saturated carbocycles. The molecule has 0 spiro atoms. The summed E-state index contributed by atoms with van der Waals surface area (Å²) >= 11 is 4.76. The highest BCUT2D eigenvalue weighted by Crippen LogP contribution is 2.19. The third-order valence-electron chi connectivity index (χ3n) is 1.84. The Balaban J connectivity index is 4.70. The van der Waals surface area contributed by atoms with Crippen LogP contribution in [0.15, 0.2) is 35.5 Å². The van der Waals surface area contributed by atoms with Crippen molar-refractivity contribution in [1.29, 1.82) is 0 Å². The average Bonchev–Trinajstić information content (AvgIpc) is 2.06. The Morgan fingerprint density at radius 2 is 2.08 bits per heavy atom. The molecular weight excluding hydrogens is 164 g/mol. The van der Waals surface area contributed by atoms with Crippen LogP contribution in [0.3, 0.4) is 0 Å². The molecule has 0 heterocycles. The fourth-order valence-corrected chi connectivity index (χ4v) is 1.30. The van der Waals surface area contributed by atoms with Crippen LogP contribution in [-0.2, 0) is 0 Å². The average molecular weight is 180 g/mol. The molecule has 0 fully saturated rings. The van der Waals surface area contributed by atoms with Gasteiger partial charge < -0.3 is 0 Å². The molecule has 12 heavy (non-hydrogen) atoms. The van der Waals surface area contributed by atoms with Gasteiger partial charge >= 0.3 is 0 Å². The molecule has 1 heteroatoms. The van der Waals surface area contributed by atoms with Crippen LogP contribution >= 0.6 is 12.2 Å². The van der Waals surface area contributed by atoms with Gasteiger partial charge in [0, 0.05) is 5.37 Å². The minimum atomic E-state index is 0.988. The Morgan fingerprint density at radius 3 is 2.42 bits per heavy atom. The maximum absolute atomic E-state index is 4.76. The maximum Gasteiger partial charge on any atom is 0.00163 e. The second-order valence-electron chi connectivity index (χ2n) is 2.65. The summed E-state index contributed by atoms with van der Waals surface area (Å²) in [5, 5.41) is 1.64. The van der Waals surface area contributed by atoms with Crippen molar-refractivity contribution < 1.29 is 0 Å². The van der Waals surface area contributed by atoms with Gasteiger partial charge in [-0.15, -0.1) is 0 Å². The van der Waals surface area contributed by atoms with Crippen LogP contribution in [0, 0.1) is 0 Å². The molecule has 0 aliphatic heterocycles. The molecule has 0 unspecified atom stereocenters. The van der Waals surface area contributed by atoms with Gasteiger partial charge in [-0.05, 0) is 43.1 Å². The summed E-state index contributed by atoms with van der Waals surface area (Å²) in [7, 11) is 0. The van der Waals surface area contributed by atoms with E-state index in [0.717, 1.165) is 6.42 Å². The van der Waals surface area contributed by atoms with Gasteiger partial charge in [0.2, 0.25) is 0 Å². The predicted molar refractivity (Wildman–Crippen MR) is 60.6 cm³/mol. The summed E-state index contributed by atoms with van der Waals surface area (Å²) in [6.07, 6.45) is 5.00. The molecule has 0 aromatic rings. The Morgan fingerprint density at radius 1 is 1.50 bits per heavy atom.